The van der Waals surface area contributed by atoms with Crippen molar-refractivity contribution < 1.29 is 19.5 Å². The predicted molar refractivity (Wildman–Crippen MR) is 132 cm³/mol. The van der Waals surface area contributed by atoms with Gasteiger partial charge < -0.3 is 26.8 Å². The van der Waals surface area contributed by atoms with Crippen molar-refractivity contribution in [2.45, 2.75) is 50.6 Å². The molecule has 2 aromatic heterocycles. The van der Waals surface area contributed by atoms with Gasteiger partial charge >= 0.3 is 0 Å². The second-order valence-corrected chi connectivity index (χ2v) is 9.60. The summed E-state index contributed by atoms with van der Waals surface area (Å²) in [5.41, 5.74) is 5.79. The Balaban J connectivity index is 1.77. The first kappa shape index (κ1) is 26.6. The monoisotopic (exact) mass is 492 g/mol. The minimum atomic E-state index is -0.708. The minimum Gasteiger partial charge on any atom is -0.513 e. The fraction of sp³-hybridized carbons (Fsp3) is 0.435. The highest BCUT2D eigenvalue weighted by molar-refractivity contribution is 7.12. The van der Waals surface area contributed by atoms with E-state index in [0.29, 0.717) is 43.6 Å². The predicted octanol–water partition coefficient (Wildman–Crippen LogP) is 2.73. The molecule has 2 aromatic rings. The normalized spacial score (nSPS) is 12.5. The molecule has 33 heavy (non-hydrogen) atoms. The number of aliphatic hydroxyl groups excluding tert-OH is 1. The molecule has 1 unspecified atom stereocenters. The lowest BCUT2D eigenvalue weighted by Gasteiger charge is -2.18. The number of hydrogen-bond acceptors (Lipinski definition) is 7. The lowest BCUT2D eigenvalue weighted by atomic mass is 10.1. The van der Waals surface area contributed by atoms with Crippen LogP contribution >= 0.6 is 22.7 Å². The molecule has 0 aromatic carbocycles. The summed E-state index contributed by atoms with van der Waals surface area (Å²) in [6, 6.07) is 6.14. The average Bonchev–Trinajstić information content (AvgIpc) is 3.50. The van der Waals surface area contributed by atoms with Gasteiger partial charge in [0.05, 0.1) is 16.7 Å². The number of rotatable bonds is 15. The number of nitrogens with two attached hydrogens (primary N) is 1. The summed E-state index contributed by atoms with van der Waals surface area (Å²) in [6.45, 7) is 4.29. The summed E-state index contributed by atoms with van der Waals surface area (Å²) in [6.07, 6.45) is 3.07. The van der Waals surface area contributed by atoms with E-state index in [1.54, 1.807) is 23.5 Å². The van der Waals surface area contributed by atoms with Crippen LogP contribution in [-0.4, -0.2) is 48.0 Å². The summed E-state index contributed by atoms with van der Waals surface area (Å²) in [4.78, 5) is 38.9. The number of hydrogen-bond donors (Lipinski definition) is 5. The number of carbonyl (C=O) groups is 3. The van der Waals surface area contributed by atoms with Gasteiger partial charge in [0.1, 0.15) is 6.04 Å². The average molecular weight is 493 g/mol. The topological polar surface area (TPSA) is 134 Å². The van der Waals surface area contributed by atoms with Crippen LogP contribution in [-0.2, 0) is 16.0 Å². The maximum atomic E-state index is 12.7. The van der Waals surface area contributed by atoms with Crippen molar-refractivity contribution in [3.8, 4) is 0 Å². The number of amides is 3. The molecule has 8 nitrogen and oxygen atoms in total. The third-order valence-corrected chi connectivity index (χ3v) is 6.72. The molecule has 0 aliphatic rings. The number of allylic oxidation sites excluding steroid dienone is 1. The molecule has 0 spiro atoms. The standard InChI is InChI=1S/C23H32N4O4S2/c1-16(28)9-10-18(24)21(29)25-12-3-2-7-19(27-23(31)20-8-5-15-33-20)22(30)26-13-11-17-6-4-14-32-17/h4-6,8,14-15,18-19,28H,1-3,7,9-13,24H2,(H,25,29)(H,26,30)(H,27,31)/t18-,19?/m0/s1. The molecule has 0 saturated heterocycles. The Morgan fingerprint density at radius 1 is 1.00 bits per heavy atom. The van der Waals surface area contributed by atoms with Crippen LogP contribution in [0, 0.1) is 0 Å². The maximum Gasteiger partial charge on any atom is 0.261 e. The highest BCUT2D eigenvalue weighted by atomic mass is 32.1. The highest BCUT2D eigenvalue weighted by Crippen LogP contribution is 2.11. The van der Waals surface area contributed by atoms with E-state index >= 15 is 0 Å². The molecule has 0 aliphatic carbocycles. The molecule has 0 radical (unpaired) electrons. The van der Waals surface area contributed by atoms with Crippen LogP contribution in [0.3, 0.4) is 0 Å². The fourth-order valence-corrected chi connectivity index (χ4v) is 4.40. The molecule has 10 heteroatoms. The Hall–Kier alpha value is -2.69. The highest BCUT2D eigenvalue weighted by Gasteiger charge is 2.21. The first-order valence-corrected chi connectivity index (χ1v) is 12.7. The van der Waals surface area contributed by atoms with Gasteiger partial charge in [0.2, 0.25) is 11.8 Å². The Morgan fingerprint density at radius 3 is 2.39 bits per heavy atom. The summed E-state index contributed by atoms with van der Waals surface area (Å²) in [5, 5.41) is 21.4. The molecule has 2 atom stereocenters. The largest absolute Gasteiger partial charge is 0.513 e. The van der Waals surface area contributed by atoms with E-state index in [-0.39, 0.29) is 29.9 Å². The van der Waals surface area contributed by atoms with Gasteiger partial charge in [-0.3, -0.25) is 14.4 Å². The second-order valence-electron chi connectivity index (χ2n) is 7.62. The van der Waals surface area contributed by atoms with Gasteiger partial charge in [-0.2, -0.15) is 0 Å². The number of thiophene rings is 2. The van der Waals surface area contributed by atoms with E-state index in [0.717, 1.165) is 6.42 Å². The van der Waals surface area contributed by atoms with Crippen molar-refractivity contribution in [2.24, 2.45) is 5.73 Å². The lowest BCUT2D eigenvalue weighted by Crippen LogP contribution is -2.47. The molecule has 2 rings (SSSR count). The first-order chi connectivity index (χ1) is 15.9. The Morgan fingerprint density at radius 2 is 1.73 bits per heavy atom. The SMILES string of the molecule is C=C(O)CC[C@H](N)C(=O)NCCCCC(NC(=O)c1cccs1)C(=O)NCCc1cccs1. The third kappa shape index (κ3) is 10.2. The van der Waals surface area contributed by atoms with Gasteiger partial charge in [0, 0.05) is 24.4 Å². The molecule has 3 amide bonds. The number of aliphatic hydroxyl groups is 1. The maximum absolute atomic E-state index is 12.7. The van der Waals surface area contributed by atoms with E-state index < -0.39 is 12.1 Å². The van der Waals surface area contributed by atoms with Gasteiger partial charge in [0.25, 0.3) is 5.91 Å². The third-order valence-electron chi connectivity index (χ3n) is 4.92. The van der Waals surface area contributed by atoms with Crippen LogP contribution in [0.25, 0.3) is 0 Å². The van der Waals surface area contributed by atoms with Crippen molar-refractivity contribution in [1.82, 2.24) is 16.0 Å². The number of nitrogens with one attached hydrogen (secondary N) is 3. The van der Waals surface area contributed by atoms with Crippen LogP contribution in [0.2, 0.25) is 0 Å². The molecular formula is C23H32N4O4S2. The molecule has 0 bridgehead atoms. The first-order valence-electron chi connectivity index (χ1n) is 10.9. The Kier molecular flexibility index (Phi) is 11.6. The van der Waals surface area contributed by atoms with Crippen molar-refractivity contribution in [1.29, 1.82) is 0 Å². The zero-order valence-electron chi connectivity index (χ0n) is 18.5. The molecule has 0 fully saturated rings. The van der Waals surface area contributed by atoms with Crippen molar-refractivity contribution in [3.63, 3.8) is 0 Å². The molecule has 2 heterocycles. The van der Waals surface area contributed by atoms with E-state index in [2.05, 4.69) is 22.5 Å². The van der Waals surface area contributed by atoms with Crippen molar-refractivity contribution >= 4 is 40.4 Å². The molecule has 6 N–H and O–H groups in total. The van der Waals surface area contributed by atoms with E-state index in [9.17, 15) is 14.4 Å². The zero-order chi connectivity index (χ0) is 24.1. The van der Waals surface area contributed by atoms with Gasteiger partial charge in [-0.1, -0.05) is 18.7 Å². The van der Waals surface area contributed by atoms with E-state index in [4.69, 9.17) is 10.8 Å². The van der Waals surface area contributed by atoms with Crippen LogP contribution in [0.1, 0.15) is 46.7 Å². The second kappa shape index (κ2) is 14.5. The van der Waals surface area contributed by atoms with Crippen molar-refractivity contribution in [2.75, 3.05) is 13.1 Å². The van der Waals surface area contributed by atoms with Crippen LogP contribution in [0.5, 0.6) is 0 Å². The smallest absolute Gasteiger partial charge is 0.261 e. The van der Waals surface area contributed by atoms with Crippen LogP contribution < -0.4 is 21.7 Å². The summed E-state index contributed by atoms with van der Waals surface area (Å²) < 4.78 is 0. The molecule has 180 valence electrons. The fourth-order valence-electron chi connectivity index (χ4n) is 3.06. The van der Waals surface area contributed by atoms with Gasteiger partial charge in [-0.25, -0.2) is 0 Å². The summed E-state index contributed by atoms with van der Waals surface area (Å²) in [5.74, 6) is -0.771. The van der Waals surface area contributed by atoms with Crippen molar-refractivity contribution in [3.05, 3.63) is 57.1 Å². The van der Waals surface area contributed by atoms with E-state index in [1.807, 2.05) is 22.9 Å². The van der Waals surface area contributed by atoms with Gasteiger partial charge in [-0.15, -0.1) is 22.7 Å². The molecule has 0 aliphatic heterocycles. The van der Waals surface area contributed by atoms with Gasteiger partial charge in [0.15, 0.2) is 0 Å². The molecular weight excluding hydrogens is 460 g/mol. The number of unbranched alkanes of at least 4 members (excludes halogenated alkanes) is 1. The van der Waals surface area contributed by atoms with Crippen LogP contribution in [0.4, 0.5) is 0 Å². The van der Waals surface area contributed by atoms with E-state index in [1.165, 1.54) is 16.2 Å². The zero-order valence-corrected chi connectivity index (χ0v) is 20.2. The Bertz CT molecular complexity index is 884. The van der Waals surface area contributed by atoms with Gasteiger partial charge in [-0.05, 0) is 55.0 Å². The summed E-state index contributed by atoms with van der Waals surface area (Å²) >= 11 is 2.96. The molecule has 0 saturated carbocycles. The quantitative estimate of drug-likeness (QED) is 0.193. The van der Waals surface area contributed by atoms with Crippen LogP contribution in [0.15, 0.2) is 47.4 Å². The minimum absolute atomic E-state index is 0.00236. The lowest BCUT2D eigenvalue weighted by molar-refractivity contribution is -0.123. The number of carbonyl (C=O) groups excluding carboxylic acids is 3. The summed E-state index contributed by atoms with van der Waals surface area (Å²) in [7, 11) is 0. The Labute approximate surface area is 202 Å².